The Balaban J connectivity index is 0.00000100. The van der Waals surface area contributed by atoms with Crippen molar-refractivity contribution in [1.29, 1.82) is 5.26 Å². The van der Waals surface area contributed by atoms with E-state index < -0.39 is 0 Å². The Morgan fingerprint density at radius 3 is 2.50 bits per heavy atom. The van der Waals surface area contributed by atoms with E-state index in [4.69, 9.17) is 21.6 Å². The molecule has 1 aliphatic carbocycles. The van der Waals surface area contributed by atoms with E-state index in [1.54, 1.807) is 12.1 Å². The number of nitrogens with zero attached hydrogens (tertiary/aromatic N) is 2. The van der Waals surface area contributed by atoms with Crippen LogP contribution in [0.1, 0.15) is 62.5 Å². The Bertz CT molecular complexity index is 697. The molecule has 1 aliphatic rings. The minimum Gasteiger partial charge on any atom is -0.490 e. The van der Waals surface area contributed by atoms with E-state index in [1.165, 1.54) is 5.69 Å². The molecule has 4 nitrogen and oxygen atoms in total. The van der Waals surface area contributed by atoms with Crippen molar-refractivity contribution in [3.05, 3.63) is 46.5 Å². The number of hydrogen-bond donors (Lipinski definition) is 1. The molecule has 1 aromatic carbocycles. The Hall–Kier alpha value is -1.99. The van der Waals surface area contributed by atoms with Gasteiger partial charge in [-0.3, -0.25) is 0 Å². The fourth-order valence-electron chi connectivity index (χ4n) is 2.99. The van der Waals surface area contributed by atoms with Gasteiger partial charge in [0.25, 0.3) is 0 Å². The molecule has 0 amide bonds. The van der Waals surface area contributed by atoms with Crippen LogP contribution < -0.4 is 4.74 Å². The van der Waals surface area contributed by atoms with Crippen LogP contribution in [0.25, 0.3) is 0 Å². The first-order chi connectivity index (χ1) is 11.7. The number of imidazole rings is 1. The molecule has 0 atom stereocenters. The second kappa shape index (κ2) is 8.75. The molecule has 1 N–H and O–H groups in total. The smallest absolute Gasteiger partial charge is 0.121 e. The number of aromatic nitrogens is 2. The van der Waals surface area contributed by atoms with Crippen molar-refractivity contribution >= 4 is 11.6 Å². The van der Waals surface area contributed by atoms with Gasteiger partial charge in [0.1, 0.15) is 17.6 Å². The van der Waals surface area contributed by atoms with Crippen molar-refractivity contribution < 1.29 is 4.74 Å². The van der Waals surface area contributed by atoms with Crippen LogP contribution in [0.3, 0.4) is 0 Å². The van der Waals surface area contributed by atoms with Gasteiger partial charge in [-0.15, -0.1) is 0 Å². The fourth-order valence-corrected chi connectivity index (χ4v) is 3.20. The second-order valence-corrected chi connectivity index (χ2v) is 6.18. The number of ether oxygens (including phenoxy) is 1. The maximum Gasteiger partial charge on any atom is 0.121 e. The molecular formula is C19H24ClN3O. The molecule has 1 heterocycles. The maximum absolute atomic E-state index is 8.89. The first kappa shape index (κ1) is 18.4. The molecule has 0 radical (unpaired) electrons. The zero-order valence-electron chi connectivity index (χ0n) is 14.5. The molecule has 0 spiro atoms. The highest BCUT2D eigenvalue weighted by molar-refractivity contribution is 6.31. The zero-order valence-corrected chi connectivity index (χ0v) is 15.2. The average Bonchev–Trinajstić information content (AvgIpc) is 3.04. The van der Waals surface area contributed by atoms with E-state index in [-0.39, 0.29) is 6.10 Å². The molecule has 3 rings (SSSR count). The van der Waals surface area contributed by atoms with Gasteiger partial charge in [0.15, 0.2) is 0 Å². The van der Waals surface area contributed by atoms with Gasteiger partial charge in [0.2, 0.25) is 0 Å². The Kier molecular flexibility index (Phi) is 6.69. The third kappa shape index (κ3) is 4.52. The van der Waals surface area contributed by atoms with Gasteiger partial charge in [-0.1, -0.05) is 25.4 Å². The monoisotopic (exact) mass is 345 g/mol. The lowest BCUT2D eigenvalue weighted by Crippen LogP contribution is -2.23. The van der Waals surface area contributed by atoms with Crippen molar-refractivity contribution in [3.63, 3.8) is 0 Å². The predicted molar refractivity (Wildman–Crippen MR) is 96.5 cm³/mol. The molecule has 1 aromatic heterocycles. The van der Waals surface area contributed by atoms with Crippen LogP contribution in [0, 0.1) is 18.3 Å². The summed E-state index contributed by atoms with van der Waals surface area (Å²) in [7, 11) is 0. The van der Waals surface area contributed by atoms with Gasteiger partial charge in [-0.05, 0) is 44.7 Å². The number of aryl methyl sites for hydroxylation is 1. The second-order valence-electron chi connectivity index (χ2n) is 5.77. The van der Waals surface area contributed by atoms with E-state index in [1.807, 2.05) is 33.0 Å². The van der Waals surface area contributed by atoms with E-state index in [9.17, 15) is 0 Å². The Morgan fingerprint density at radius 1 is 1.25 bits per heavy atom. The SMILES string of the molecule is CC.Cc1ncc(C2CCC(Oc3ccc(C#N)c(Cl)c3)CC2)[nH]1. The minimum atomic E-state index is 0.212. The van der Waals surface area contributed by atoms with Crippen LogP contribution in [-0.2, 0) is 0 Å². The summed E-state index contributed by atoms with van der Waals surface area (Å²) in [6, 6.07) is 7.30. The highest BCUT2D eigenvalue weighted by Crippen LogP contribution is 2.34. The lowest BCUT2D eigenvalue weighted by molar-refractivity contribution is 0.146. The van der Waals surface area contributed by atoms with E-state index in [2.05, 4.69) is 16.0 Å². The molecule has 5 heteroatoms. The predicted octanol–water partition coefficient (Wildman–Crippen LogP) is 5.37. The molecule has 128 valence electrons. The molecule has 24 heavy (non-hydrogen) atoms. The number of aromatic amines is 1. The molecule has 2 aromatic rings. The van der Waals surface area contributed by atoms with E-state index >= 15 is 0 Å². The van der Waals surface area contributed by atoms with Crippen molar-refractivity contribution in [2.24, 2.45) is 0 Å². The summed E-state index contributed by atoms with van der Waals surface area (Å²) >= 11 is 6.04. The summed E-state index contributed by atoms with van der Waals surface area (Å²) in [5, 5.41) is 9.33. The standard InChI is InChI=1S/C17H18ClN3O.C2H6/c1-11-20-10-17(21-11)12-2-5-14(6-3-12)22-15-7-4-13(9-19)16(18)8-15;1-2/h4,7-8,10,12,14H,2-3,5-6H2,1H3,(H,20,21);1-2H3. The lowest BCUT2D eigenvalue weighted by Gasteiger charge is -2.28. The maximum atomic E-state index is 8.89. The third-order valence-corrected chi connectivity index (χ3v) is 4.51. The average molecular weight is 346 g/mol. The van der Waals surface area contributed by atoms with Crippen LogP contribution in [0.5, 0.6) is 5.75 Å². The first-order valence-corrected chi connectivity index (χ1v) is 8.91. The number of H-pyrrole nitrogens is 1. The van der Waals surface area contributed by atoms with Gasteiger partial charge >= 0.3 is 0 Å². The quantitative estimate of drug-likeness (QED) is 0.812. The normalized spacial score (nSPS) is 19.8. The van der Waals surface area contributed by atoms with Gasteiger partial charge in [-0.2, -0.15) is 5.26 Å². The zero-order chi connectivity index (χ0) is 17.5. The lowest BCUT2D eigenvalue weighted by atomic mass is 9.85. The molecule has 0 unspecified atom stereocenters. The highest BCUT2D eigenvalue weighted by atomic mass is 35.5. The molecule has 1 fully saturated rings. The molecule has 0 bridgehead atoms. The number of benzene rings is 1. The fraction of sp³-hybridized carbons (Fsp3) is 0.474. The molecule has 0 aliphatic heterocycles. The van der Waals surface area contributed by atoms with Crippen molar-refractivity contribution in [1.82, 2.24) is 9.97 Å². The largest absolute Gasteiger partial charge is 0.490 e. The Morgan fingerprint density at radius 2 is 1.96 bits per heavy atom. The first-order valence-electron chi connectivity index (χ1n) is 8.53. The van der Waals surface area contributed by atoms with Crippen molar-refractivity contribution in [3.8, 4) is 11.8 Å². The van der Waals surface area contributed by atoms with Gasteiger partial charge in [0, 0.05) is 23.9 Å². The molecule has 1 saturated carbocycles. The summed E-state index contributed by atoms with van der Waals surface area (Å²) in [5.41, 5.74) is 1.71. The summed E-state index contributed by atoms with van der Waals surface area (Å²) in [6.07, 6.45) is 6.37. The van der Waals surface area contributed by atoms with Gasteiger partial charge in [0.05, 0.1) is 16.7 Å². The Labute approximate surface area is 148 Å². The topological polar surface area (TPSA) is 61.7 Å². The third-order valence-electron chi connectivity index (χ3n) is 4.20. The summed E-state index contributed by atoms with van der Waals surface area (Å²) in [5.74, 6) is 2.26. The van der Waals surface area contributed by atoms with Gasteiger partial charge in [-0.25, -0.2) is 4.98 Å². The molecular weight excluding hydrogens is 322 g/mol. The summed E-state index contributed by atoms with van der Waals surface area (Å²) < 4.78 is 6.01. The minimum absolute atomic E-state index is 0.212. The van der Waals surface area contributed by atoms with Crippen LogP contribution in [-0.4, -0.2) is 16.1 Å². The van der Waals surface area contributed by atoms with Crippen molar-refractivity contribution in [2.75, 3.05) is 0 Å². The van der Waals surface area contributed by atoms with Crippen LogP contribution in [0.4, 0.5) is 0 Å². The van der Waals surface area contributed by atoms with Crippen LogP contribution in [0.2, 0.25) is 5.02 Å². The van der Waals surface area contributed by atoms with Crippen molar-refractivity contribution in [2.45, 2.75) is 58.5 Å². The van der Waals surface area contributed by atoms with E-state index in [0.29, 0.717) is 16.5 Å². The van der Waals surface area contributed by atoms with E-state index in [0.717, 1.165) is 37.3 Å². The number of nitriles is 1. The van der Waals surface area contributed by atoms with Crippen LogP contribution in [0.15, 0.2) is 24.4 Å². The summed E-state index contributed by atoms with van der Waals surface area (Å²) in [4.78, 5) is 7.61. The van der Waals surface area contributed by atoms with Crippen LogP contribution >= 0.6 is 11.6 Å². The number of hydrogen-bond acceptors (Lipinski definition) is 3. The molecule has 0 saturated heterocycles. The number of rotatable bonds is 3. The number of nitrogens with one attached hydrogen (secondary N) is 1. The number of halogens is 1. The summed E-state index contributed by atoms with van der Waals surface area (Å²) in [6.45, 7) is 5.98. The van der Waals surface area contributed by atoms with Gasteiger partial charge < -0.3 is 9.72 Å². The highest BCUT2D eigenvalue weighted by Gasteiger charge is 2.24.